The van der Waals surface area contributed by atoms with Gasteiger partial charge in [0, 0.05) is 11.6 Å². The molecule has 1 heterocycles. The molecule has 1 aliphatic carbocycles. The summed E-state index contributed by atoms with van der Waals surface area (Å²) in [4.78, 5) is 4.39. The molecular weight excluding hydrogens is 168 g/mol. The van der Waals surface area contributed by atoms with Crippen LogP contribution in [0.25, 0.3) is 0 Å². The molecule has 1 N–H and O–H groups in total. The zero-order valence-corrected chi connectivity index (χ0v) is 8.16. The first-order valence-electron chi connectivity index (χ1n) is 4.52. The molecule has 0 atom stereocenters. The fraction of sp³-hybridized carbons (Fsp3) is 0.667. The molecule has 0 aliphatic heterocycles. The normalized spacial score (nSPS) is 20.4. The smallest absolute Gasteiger partial charge is 0.113 e. The van der Waals surface area contributed by atoms with Gasteiger partial charge in [-0.15, -0.1) is 11.3 Å². The van der Waals surface area contributed by atoms with Crippen molar-refractivity contribution in [3.63, 3.8) is 0 Å². The van der Waals surface area contributed by atoms with Crippen molar-refractivity contribution in [2.75, 3.05) is 6.54 Å². The molecule has 0 saturated heterocycles. The van der Waals surface area contributed by atoms with Gasteiger partial charge in [0.25, 0.3) is 0 Å². The van der Waals surface area contributed by atoms with Gasteiger partial charge in [-0.25, -0.2) is 4.98 Å². The second kappa shape index (κ2) is 3.15. The van der Waals surface area contributed by atoms with Crippen LogP contribution in [0.3, 0.4) is 0 Å². The molecule has 0 radical (unpaired) electrons. The predicted octanol–water partition coefficient (Wildman–Crippen LogP) is 2.13. The number of nitrogens with zero attached hydrogens (tertiary/aromatic N) is 1. The average Bonchev–Trinajstić information content (AvgIpc) is 2.48. The lowest BCUT2D eigenvalue weighted by Crippen LogP contribution is -2.47. The van der Waals surface area contributed by atoms with E-state index in [4.69, 9.17) is 0 Å². The Morgan fingerprint density at radius 2 is 2.50 bits per heavy atom. The van der Waals surface area contributed by atoms with E-state index >= 15 is 0 Å². The summed E-state index contributed by atoms with van der Waals surface area (Å²) in [5.74, 6) is 0. The van der Waals surface area contributed by atoms with E-state index in [2.05, 4.69) is 22.6 Å². The molecule has 3 heteroatoms. The van der Waals surface area contributed by atoms with E-state index in [0.29, 0.717) is 0 Å². The Bertz CT molecular complexity index is 239. The number of aromatic nitrogens is 1. The van der Waals surface area contributed by atoms with Crippen LogP contribution in [0.4, 0.5) is 0 Å². The van der Waals surface area contributed by atoms with Gasteiger partial charge in [-0.05, 0) is 25.8 Å². The molecule has 0 spiro atoms. The van der Waals surface area contributed by atoms with Gasteiger partial charge in [0.2, 0.25) is 0 Å². The van der Waals surface area contributed by atoms with Crippen molar-refractivity contribution < 1.29 is 0 Å². The Labute approximate surface area is 77.0 Å². The van der Waals surface area contributed by atoms with Crippen LogP contribution in [0.15, 0.2) is 11.6 Å². The molecule has 1 aromatic heterocycles. The van der Waals surface area contributed by atoms with E-state index in [1.54, 1.807) is 11.3 Å². The fourth-order valence-corrected chi connectivity index (χ4v) is 2.67. The number of rotatable bonds is 3. The fourth-order valence-electron chi connectivity index (χ4n) is 1.79. The quantitative estimate of drug-likeness (QED) is 0.774. The van der Waals surface area contributed by atoms with Gasteiger partial charge in [-0.1, -0.05) is 6.92 Å². The van der Waals surface area contributed by atoms with Crippen molar-refractivity contribution in [3.05, 3.63) is 16.6 Å². The maximum absolute atomic E-state index is 4.39. The molecule has 0 unspecified atom stereocenters. The third-order valence-corrected chi connectivity index (χ3v) is 3.54. The molecule has 2 nitrogen and oxygen atoms in total. The Balaban J connectivity index is 2.17. The monoisotopic (exact) mass is 182 g/mol. The predicted molar refractivity (Wildman–Crippen MR) is 51.3 cm³/mol. The second-order valence-corrected chi connectivity index (χ2v) is 4.20. The Kier molecular flexibility index (Phi) is 2.15. The van der Waals surface area contributed by atoms with Crippen molar-refractivity contribution in [2.45, 2.75) is 31.7 Å². The average molecular weight is 182 g/mol. The van der Waals surface area contributed by atoms with Crippen molar-refractivity contribution in [2.24, 2.45) is 0 Å². The summed E-state index contributed by atoms with van der Waals surface area (Å²) in [7, 11) is 0. The molecule has 0 aromatic carbocycles. The minimum atomic E-state index is 0.253. The van der Waals surface area contributed by atoms with E-state index in [0.717, 1.165) is 6.54 Å². The Hall–Kier alpha value is -0.410. The van der Waals surface area contributed by atoms with Crippen molar-refractivity contribution in [3.8, 4) is 0 Å². The van der Waals surface area contributed by atoms with Crippen LogP contribution in [0, 0.1) is 0 Å². The van der Waals surface area contributed by atoms with Crippen LogP contribution in [-0.2, 0) is 5.54 Å². The Morgan fingerprint density at radius 1 is 1.67 bits per heavy atom. The number of hydrogen-bond acceptors (Lipinski definition) is 3. The van der Waals surface area contributed by atoms with Crippen LogP contribution in [-0.4, -0.2) is 11.5 Å². The third kappa shape index (κ3) is 1.17. The molecule has 0 bridgehead atoms. The Morgan fingerprint density at radius 3 is 2.92 bits per heavy atom. The molecule has 0 amide bonds. The molecule has 12 heavy (non-hydrogen) atoms. The summed E-state index contributed by atoms with van der Waals surface area (Å²) in [5, 5.41) is 6.88. The van der Waals surface area contributed by atoms with E-state index in [-0.39, 0.29) is 5.54 Å². The van der Waals surface area contributed by atoms with E-state index in [1.807, 2.05) is 6.20 Å². The first-order chi connectivity index (χ1) is 5.87. The van der Waals surface area contributed by atoms with Gasteiger partial charge in [-0.2, -0.15) is 0 Å². The second-order valence-electron chi connectivity index (χ2n) is 3.30. The van der Waals surface area contributed by atoms with Crippen molar-refractivity contribution >= 4 is 11.3 Å². The lowest BCUT2D eigenvalue weighted by molar-refractivity contribution is 0.189. The highest BCUT2D eigenvalue weighted by molar-refractivity contribution is 7.09. The summed E-state index contributed by atoms with van der Waals surface area (Å²) < 4.78 is 0. The largest absolute Gasteiger partial charge is 0.306 e. The lowest BCUT2D eigenvalue weighted by Gasteiger charge is -2.40. The van der Waals surface area contributed by atoms with Crippen LogP contribution < -0.4 is 5.32 Å². The van der Waals surface area contributed by atoms with Crippen molar-refractivity contribution in [1.82, 2.24) is 10.3 Å². The van der Waals surface area contributed by atoms with Gasteiger partial charge in [0.15, 0.2) is 0 Å². The first kappa shape index (κ1) is 8.20. The SMILES string of the molecule is CCNC1(c2nccs2)CCC1. The van der Waals surface area contributed by atoms with Crippen LogP contribution in [0.5, 0.6) is 0 Å². The summed E-state index contributed by atoms with van der Waals surface area (Å²) in [6.45, 7) is 3.20. The summed E-state index contributed by atoms with van der Waals surface area (Å²) in [5.41, 5.74) is 0.253. The van der Waals surface area contributed by atoms with Gasteiger partial charge in [0.1, 0.15) is 5.01 Å². The standard InChI is InChI=1S/C9H14N2S/c1-2-11-9(4-3-5-9)8-10-6-7-12-8/h6-7,11H,2-5H2,1H3. The minimum Gasteiger partial charge on any atom is -0.306 e. The van der Waals surface area contributed by atoms with Gasteiger partial charge >= 0.3 is 0 Å². The van der Waals surface area contributed by atoms with Crippen LogP contribution in [0.2, 0.25) is 0 Å². The molecule has 1 saturated carbocycles. The molecule has 1 aromatic rings. The highest BCUT2D eigenvalue weighted by Gasteiger charge is 2.39. The van der Waals surface area contributed by atoms with E-state index < -0.39 is 0 Å². The van der Waals surface area contributed by atoms with Gasteiger partial charge in [0.05, 0.1) is 5.54 Å². The van der Waals surface area contributed by atoms with Gasteiger partial charge < -0.3 is 5.32 Å². The topological polar surface area (TPSA) is 24.9 Å². The maximum Gasteiger partial charge on any atom is 0.113 e. The van der Waals surface area contributed by atoms with E-state index in [9.17, 15) is 0 Å². The van der Waals surface area contributed by atoms with E-state index in [1.165, 1.54) is 24.3 Å². The number of hydrogen-bond donors (Lipinski definition) is 1. The summed E-state index contributed by atoms with van der Waals surface area (Å²) in [6, 6.07) is 0. The molecule has 2 rings (SSSR count). The van der Waals surface area contributed by atoms with Crippen molar-refractivity contribution in [1.29, 1.82) is 0 Å². The molecular formula is C9H14N2S. The van der Waals surface area contributed by atoms with Crippen LogP contribution >= 0.6 is 11.3 Å². The summed E-state index contributed by atoms with van der Waals surface area (Å²) >= 11 is 1.77. The maximum atomic E-state index is 4.39. The zero-order valence-electron chi connectivity index (χ0n) is 7.34. The molecule has 66 valence electrons. The molecule has 1 aliphatic rings. The first-order valence-corrected chi connectivity index (χ1v) is 5.40. The third-order valence-electron chi connectivity index (χ3n) is 2.56. The number of nitrogens with one attached hydrogen (secondary N) is 1. The zero-order chi connectivity index (χ0) is 8.44. The minimum absolute atomic E-state index is 0.253. The highest BCUT2D eigenvalue weighted by Crippen LogP contribution is 2.41. The van der Waals surface area contributed by atoms with Crippen LogP contribution in [0.1, 0.15) is 31.2 Å². The van der Waals surface area contributed by atoms with Gasteiger partial charge in [-0.3, -0.25) is 0 Å². The highest BCUT2D eigenvalue weighted by atomic mass is 32.1. The molecule has 1 fully saturated rings. The number of thiazole rings is 1. The lowest BCUT2D eigenvalue weighted by atomic mass is 9.77. The summed E-state index contributed by atoms with van der Waals surface area (Å²) in [6.07, 6.45) is 5.76.